The number of carboxylic acid groups (broad SMARTS) is 1. The number of carbonyl (C=O) groups is 1. The third kappa shape index (κ3) is 5.96. The largest absolute Gasteiger partial charge is 0.480 e. The molecular weight excluding hydrogens is 535 g/mol. The van der Waals surface area contributed by atoms with Gasteiger partial charge in [-0.15, -0.1) is 0 Å². The van der Waals surface area contributed by atoms with Crippen LogP contribution in [0.25, 0.3) is 0 Å². The lowest BCUT2D eigenvalue weighted by Crippen LogP contribution is -2.28. The van der Waals surface area contributed by atoms with Gasteiger partial charge < -0.3 is 9.84 Å². The molecule has 3 rings (SSSR count). The molecule has 0 spiro atoms. The van der Waals surface area contributed by atoms with E-state index < -0.39 is 58.0 Å². The van der Waals surface area contributed by atoms with Crippen molar-refractivity contribution < 1.29 is 45.2 Å². The summed E-state index contributed by atoms with van der Waals surface area (Å²) in [7, 11) is -2.47. The molecule has 0 bridgehead atoms. The lowest BCUT2D eigenvalue weighted by Gasteiger charge is -2.28. The minimum atomic E-state index is -5.09. The van der Waals surface area contributed by atoms with Crippen LogP contribution < -0.4 is 9.46 Å². The van der Waals surface area contributed by atoms with Crippen molar-refractivity contribution in [2.24, 2.45) is 0 Å². The van der Waals surface area contributed by atoms with Gasteiger partial charge in [0.05, 0.1) is 21.0 Å². The Morgan fingerprint density at radius 1 is 1.09 bits per heavy atom. The predicted octanol–water partition coefficient (Wildman–Crippen LogP) is 6.18. The molecule has 0 saturated heterocycles. The molecule has 186 valence electrons. The second-order valence-electron chi connectivity index (χ2n) is 7.32. The van der Waals surface area contributed by atoms with E-state index in [1.165, 1.54) is 6.07 Å². The van der Waals surface area contributed by atoms with E-state index in [2.05, 4.69) is 4.72 Å². The van der Waals surface area contributed by atoms with Crippen molar-refractivity contribution in [3.8, 4) is 5.75 Å². The van der Waals surface area contributed by atoms with Gasteiger partial charge in [-0.2, -0.15) is 26.3 Å². The maximum atomic E-state index is 13.1. The van der Waals surface area contributed by atoms with E-state index >= 15 is 0 Å². The summed E-state index contributed by atoms with van der Waals surface area (Å²) in [5.74, 6) is -1.27. The highest BCUT2D eigenvalue weighted by Crippen LogP contribution is 2.44. The lowest BCUT2D eigenvalue weighted by atomic mass is 9.87. The Balaban J connectivity index is 1.98. The molecule has 1 aliphatic rings. The Hall–Kier alpha value is -2.02. The van der Waals surface area contributed by atoms with E-state index in [-0.39, 0.29) is 21.9 Å². The zero-order valence-corrected chi connectivity index (χ0v) is 19.1. The summed E-state index contributed by atoms with van der Waals surface area (Å²) in [5.41, 5.74) is -2.32. The molecule has 0 radical (unpaired) electrons. The smallest absolute Gasteiger partial charge is 0.416 e. The number of rotatable bonds is 6. The van der Waals surface area contributed by atoms with Crippen LogP contribution in [0.1, 0.15) is 41.1 Å². The second kappa shape index (κ2) is 9.92. The number of halogens is 8. The molecule has 2 N–H and O–H groups in total. The highest BCUT2D eigenvalue weighted by atomic mass is 35.5. The Morgan fingerprint density at radius 2 is 1.68 bits per heavy atom. The molecule has 0 fully saturated rings. The molecule has 0 saturated carbocycles. The summed E-state index contributed by atoms with van der Waals surface area (Å²) in [6.45, 7) is -0.721. The minimum absolute atomic E-state index is 0.00211. The number of alkyl halides is 6. The fourth-order valence-corrected chi connectivity index (χ4v) is 5.04. The number of aliphatic carboxylic acids is 1. The minimum Gasteiger partial charge on any atom is -0.480 e. The van der Waals surface area contributed by atoms with Crippen LogP contribution in [0.3, 0.4) is 0 Å². The van der Waals surface area contributed by atoms with Crippen molar-refractivity contribution >= 4 is 40.2 Å². The zero-order chi connectivity index (χ0) is 25.4. The van der Waals surface area contributed by atoms with Gasteiger partial charge in [0.25, 0.3) is 0 Å². The van der Waals surface area contributed by atoms with Gasteiger partial charge in [-0.1, -0.05) is 23.2 Å². The van der Waals surface area contributed by atoms with Crippen LogP contribution in [0, 0.1) is 0 Å². The Morgan fingerprint density at radius 3 is 2.21 bits per heavy atom. The van der Waals surface area contributed by atoms with E-state index in [4.69, 9.17) is 33.0 Å². The van der Waals surface area contributed by atoms with Gasteiger partial charge >= 0.3 is 18.3 Å². The maximum absolute atomic E-state index is 13.1. The van der Waals surface area contributed by atoms with Crippen LogP contribution in [0.5, 0.6) is 5.75 Å². The molecule has 2 aromatic rings. The van der Waals surface area contributed by atoms with Crippen molar-refractivity contribution in [3.63, 3.8) is 0 Å². The summed E-state index contributed by atoms with van der Waals surface area (Å²) in [5, 5.41) is 8.82. The fourth-order valence-electron chi connectivity index (χ4n) is 3.50. The monoisotopic (exact) mass is 549 g/mol. The van der Waals surface area contributed by atoms with Crippen LogP contribution in [0.15, 0.2) is 29.2 Å². The molecule has 0 aromatic heterocycles. The van der Waals surface area contributed by atoms with E-state index in [0.717, 1.165) is 0 Å². The summed E-state index contributed by atoms with van der Waals surface area (Å²) in [6.07, 6.45) is -9.01. The topological polar surface area (TPSA) is 75.6 Å². The maximum Gasteiger partial charge on any atom is 0.416 e. The van der Waals surface area contributed by atoms with E-state index in [0.29, 0.717) is 42.5 Å². The lowest BCUT2D eigenvalue weighted by molar-refractivity contribution is -0.143. The predicted molar refractivity (Wildman–Crippen MR) is 111 cm³/mol. The van der Waals surface area contributed by atoms with Crippen LogP contribution in [0.2, 0.25) is 10.0 Å². The molecule has 0 amide bonds. The molecule has 2 unspecified atom stereocenters. The van der Waals surface area contributed by atoms with Gasteiger partial charge in [-0.3, -0.25) is 0 Å². The van der Waals surface area contributed by atoms with Gasteiger partial charge in [-0.05, 0) is 49.1 Å². The Bertz CT molecular complexity index is 1110. The first-order chi connectivity index (χ1) is 15.7. The van der Waals surface area contributed by atoms with E-state index in [1.807, 2.05) is 0 Å². The van der Waals surface area contributed by atoms with Crippen molar-refractivity contribution in [2.45, 2.75) is 42.6 Å². The number of nitrogens with one attached hydrogen (secondary N) is 1. The van der Waals surface area contributed by atoms with Crippen LogP contribution in [-0.4, -0.2) is 21.9 Å². The number of ether oxygens (including phenoxy) is 1. The van der Waals surface area contributed by atoms with Gasteiger partial charge in [0, 0.05) is 11.6 Å². The number of fused-ring (bicyclic) bond motifs is 1. The summed E-state index contributed by atoms with van der Waals surface area (Å²) in [6, 6.07) is 1.34. The van der Waals surface area contributed by atoms with Crippen LogP contribution in [0.4, 0.5) is 26.3 Å². The van der Waals surface area contributed by atoms with Crippen molar-refractivity contribution in [1.29, 1.82) is 0 Å². The average Bonchev–Trinajstić information content (AvgIpc) is 2.73. The quantitative estimate of drug-likeness (QED) is 0.421. The molecule has 2 aromatic carbocycles. The first kappa shape index (κ1) is 26.6. The third-order valence-electron chi connectivity index (χ3n) is 4.97. The summed E-state index contributed by atoms with van der Waals surface area (Å²) in [4.78, 5) is 10.2. The van der Waals surface area contributed by atoms with Crippen molar-refractivity contribution in [1.82, 2.24) is 4.72 Å². The van der Waals surface area contributed by atoms with Gasteiger partial charge in [0.2, 0.25) is 0 Å². The zero-order valence-electron chi connectivity index (χ0n) is 16.8. The van der Waals surface area contributed by atoms with Crippen molar-refractivity contribution in [3.05, 3.63) is 56.6 Å². The van der Waals surface area contributed by atoms with Gasteiger partial charge in [0.15, 0.2) is 6.61 Å². The number of hydrogen-bond donors (Lipinski definition) is 2. The molecular formula is C20H15Cl2F6NO4S. The molecule has 0 aliphatic heterocycles. The Kier molecular flexibility index (Phi) is 7.76. The molecule has 2 atom stereocenters. The molecule has 34 heavy (non-hydrogen) atoms. The fraction of sp³-hybridized carbons (Fsp3) is 0.350. The average molecular weight is 550 g/mol. The van der Waals surface area contributed by atoms with Crippen LogP contribution in [-0.2, 0) is 34.6 Å². The third-order valence-corrected chi connectivity index (χ3v) is 6.91. The molecule has 1 aliphatic carbocycles. The standard InChI is InChI=1S/C20H15Cl2F6NO4S/c21-14-7-13-12(18(17(14)22)33-8-16(30)31)2-1-3-15(13)29-34(32)11-5-9(19(23,24)25)4-10(6-11)20(26,27)28/h4-7,15,29H,1-3,8H2,(H,30,31). The highest BCUT2D eigenvalue weighted by Gasteiger charge is 2.38. The first-order valence-electron chi connectivity index (χ1n) is 9.51. The summed E-state index contributed by atoms with van der Waals surface area (Å²) >= 11 is 12.3. The Labute approximate surface area is 201 Å². The number of carboxylic acids is 1. The van der Waals surface area contributed by atoms with Gasteiger partial charge in [0.1, 0.15) is 21.8 Å². The molecule has 14 heteroatoms. The number of hydrogen-bond acceptors (Lipinski definition) is 3. The molecule has 0 heterocycles. The van der Waals surface area contributed by atoms with Crippen LogP contribution >= 0.6 is 23.2 Å². The summed E-state index contributed by atoms with van der Waals surface area (Å²) < 4.78 is 99.5. The first-order valence-corrected chi connectivity index (χ1v) is 11.4. The number of benzene rings is 2. The second-order valence-corrected chi connectivity index (χ2v) is 9.35. The van der Waals surface area contributed by atoms with E-state index in [1.54, 1.807) is 0 Å². The normalized spacial score (nSPS) is 17.2. The molecule has 5 nitrogen and oxygen atoms in total. The van der Waals surface area contributed by atoms with Gasteiger partial charge in [-0.25, -0.2) is 13.7 Å². The highest BCUT2D eigenvalue weighted by molar-refractivity contribution is 7.83. The SMILES string of the molecule is O=C(O)COc1c(Cl)c(Cl)cc2c1CCCC2NS(=O)c1cc(C(F)(F)F)cc(C(F)(F)F)c1. The van der Waals surface area contributed by atoms with Crippen molar-refractivity contribution in [2.75, 3.05) is 6.61 Å². The van der Waals surface area contributed by atoms with E-state index in [9.17, 15) is 35.3 Å².